The third-order valence-electron chi connectivity index (χ3n) is 2.78. The van der Waals surface area contributed by atoms with Crippen LogP contribution in [0.15, 0.2) is 30.3 Å². The van der Waals surface area contributed by atoms with Gasteiger partial charge in [-0.15, -0.1) is 0 Å². The topological polar surface area (TPSA) is 47.0 Å². The highest BCUT2D eigenvalue weighted by Gasteiger charge is 2.04. The number of nitrogens with zero attached hydrogens (tertiary/aromatic N) is 2. The quantitative estimate of drug-likeness (QED) is 0.818. The van der Waals surface area contributed by atoms with Gasteiger partial charge in [0.2, 0.25) is 0 Å². The molecule has 20 heavy (non-hydrogen) atoms. The molecule has 2 rings (SSSR count). The van der Waals surface area contributed by atoms with Gasteiger partial charge in [0.1, 0.15) is 17.6 Å². The number of nitrogens with one attached hydrogen (secondary N) is 1. The van der Waals surface area contributed by atoms with Gasteiger partial charge in [-0.05, 0) is 31.0 Å². The van der Waals surface area contributed by atoms with Crippen molar-refractivity contribution in [1.29, 1.82) is 0 Å². The highest BCUT2D eigenvalue weighted by atomic mass is 35.5. The first-order valence-electron chi connectivity index (χ1n) is 6.68. The average Bonchev–Trinajstić information content (AvgIpc) is 2.44. The van der Waals surface area contributed by atoms with Crippen molar-refractivity contribution in [2.45, 2.75) is 26.9 Å². The minimum Gasteiger partial charge on any atom is -0.374 e. The molecule has 0 amide bonds. The minimum absolute atomic E-state index is 0.362. The van der Waals surface area contributed by atoms with E-state index in [-0.39, 0.29) is 0 Å². The number of anilines is 2. The summed E-state index contributed by atoms with van der Waals surface area (Å²) in [7, 11) is 0. The Bertz CT molecular complexity index is 575. The zero-order valence-electron chi connectivity index (χ0n) is 11.7. The van der Waals surface area contributed by atoms with E-state index in [1.807, 2.05) is 19.1 Å². The van der Waals surface area contributed by atoms with Crippen molar-refractivity contribution in [2.24, 2.45) is 0 Å². The van der Waals surface area contributed by atoms with Gasteiger partial charge >= 0.3 is 0 Å². The molecule has 0 aliphatic rings. The van der Waals surface area contributed by atoms with E-state index in [0.717, 1.165) is 12.1 Å². The third kappa shape index (κ3) is 4.18. The summed E-state index contributed by atoms with van der Waals surface area (Å²) in [6.07, 6.45) is 0.996. The van der Waals surface area contributed by atoms with Gasteiger partial charge in [0.15, 0.2) is 5.82 Å². The van der Waals surface area contributed by atoms with Gasteiger partial charge in [-0.3, -0.25) is 0 Å². The molecular formula is C15H18ClN3O. The predicted molar refractivity (Wildman–Crippen MR) is 81.5 cm³/mol. The molecule has 106 valence electrons. The SMILES string of the molecule is CCOCc1nc(Cl)cc(Nc2cccc(CC)c2)n1. The Labute approximate surface area is 124 Å². The van der Waals surface area contributed by atoms with Gasteiger partial charge in [0.05, 0.1) is 0 Å². The molecule has 5 heteroatoms. The molecule has 1 heterocycles. The second-order valence-electron chi connectivity index (χ2n) is 4.31. The molecular weight excluding hydrogens is 274 g/mol. The summed E-state index contributed by atoms with van der Waals surface area (Å²) in [5.41, 5.74) is 2.26. The van der Waals surface area contributed by atoms with Crippen molar-refractivity contribution in [3.63, 3.8) is 0 Å². The maximum Gasteiger partial charge on any atom is 0.158 e. The Morgan fingerprint density at radius 3 is 2.80 bits per heavy atom. The van der Waals surface area contributed by atoms with E-state index in [9.17, 15) is 0 Å². The summed E-state index contributed by atoms with van der Waals surface area (Å²) in [6.45, 7) is 5.04. The van der Waals surface area contributed by atoms with E-state index in [4.69, 9.17) is 16.3 Å². The van der Waals surface area contributed by atoms with Crippen LogP contribution in [0.5, 0.6) is 0 Å². The maximum absolute atomic E-state index is 6.01. The Balaban J connectivity index is 2.17. The van der Waals surface area contributed by atoms with Gasteiger partial charge < -0.3 is 10.1 Å². The van der Waals surface area contributed by atoms with Crippen LogP contribution in [0.25, 0.3) is 0 Å². The van der Waals surface area contributed by atoms with Crippen molar-refractivity contribution >= 4 is 23.1 Å². The summed E-state index contributed by atoms with van der Waals surface area (Å²) in [5.74, 6) is 1.25. The molecule has 0 aliphatic heterocycles. The van der Waals surface area contributed by atoms with Crippen molar-refractivity contribution in [3.05, 3.63) is 46.9 Å². The van der Waals surface area contributed by atoms with E-state index in [2.05, 4.69) is 34.3 Å². The molecule has 1 N–H and O–H groups in total. The van der Waals surface area contributed by atoms with Crippen LogP contribution in [-0.2, 0) is 17.8 Å². The highest BCUT2D eigenvalue weighted by Crippen LogP contribution is 2.19. The number of aryl methyl sites for hydroxylation is 1. The summed E-state index contributed by atoms with van der Waals surface area (Å²) in [4.78, 5) is 8.53. The van der Waals surface area contributed by atoms with E-state index in [0.29, 0.717) is 30.0 Å². The van der Waals surface area contributed by atoms with Crippen molar-refractivity contribution < 1.29 is 4.74 Å². The van der Waals surface area contributed by atoms with Crippen molar-refractivity contribution in [1.82, 2.24) is 9.97 Å². The molecule has 1 aromatic carbocycles. The van der Waals surface area contributed by atoms with Crippen LogP contribution >= 0.6 is 11.6 Å². The molecule has 0 saturated carbocycles. The van der Waals surface area contributed by atoms with Gasteiger partial charge in [0, 0.05) is 18.4 Å². The number of benzene rings is 1. The predicted octanol–water partition coefficient (Wildman–Crippen LogP) is 3.97. The fraction of sp³-hybridized carbons (Fsp3) is 0.333. The Morgan fingerprint density at radius 1 is 1.20 bits per heavy atom. The van der Waals surface area contributed by atoms with Crippen LogP contribution in [0.1, 0.15) is 25.2 Å². The normalized spacial score (nSPS) is 10.6. The molecule has 2 aromatic rings. The molecule has 0 aliphatic carbocycles. The van der Waals surface area contributed by atoms with Crippen molar-refractivity contribution in [3.8, 4) is 0 Å². The fourth-order valence-electron chi connectivity index (χ4n) is 1.80. The summed E-state index contributed by atoms with van der Waals surface area (Å²) >= 11 is 6.01. The lowest BCUT2D eigenvalue weighted by Crippen LogP contribution is -2.03. The number of hydrogen-bond donors (Lipinski definition) is 1. The van der Waals surface area contributed by atoms with E-state index in [1.54, 1.807) is 6.07 Å². The molecule has 0 fully saturated rings. The second-order valence-corrected chi connectivity index (χ2v) is 4.70. The molecule has 0 atom stereocenters. The third-order valence-corrected chi connectivity index (χ3v) is 2.98. The van der Waals surface area contributed by atoms with Crippen LogP contribution in [0.4, 0.5) is 11.5 Å². The molecule has 0 bridgehead atoms. The Morgan fingerprint density at radius 2 is 2.05 bits per heavy atom. The van der Waals surface area contributed by atoms with E-state index in [1.165, 1.54) is 5.56 Å². The van der Waals surface area contributed by atoms with Crippen LogP contribution in [-0.4, -0.2) is 16.6 Å². The first kappa shape index (κ1) is 14.8. The van der Waals surface area contributed by atoms with Crippen LogP contribution < -0.4 is 5.32 Å². The number of aromatic nitrogens is 2. The first-order chi connectivity index (χ1) is 9.71. The van der Waals surface area contributed by atoms with E-state index >= 15 is 0 Å². The average molecular weight is 292 g/mol. The molecule has 0 spiro atoms. The zero-order valence-corrected chi connectivity index (χ0v) is 12.4. The molecule has 4 nitrogen and oxygen atoms in total. The number of rotatable bonds is 6. The smallest absolute Gasteiger partial charge is 0.158 e. The highest BCUT2D eigenvalue weighted by molar-refractivity contribution is 6.29. The lowest BCUT2D eigenvalue weighted by atomic mass is 10.1. The van der Waals surface area contributed by atoms with E-state index < -0.39 is 0 Å². The number of ether oxygens (including phenoxy) is 1. The fourth-order valence-corrected chi connectivity index (χ4v) is 2.00. The largest absolute Gasteiger partial charge is 0.374 e. The zero-order chi connectivity index (χ0) is 14.4. The van der Waals surface area contributed by atoms with Gasteiger partial charge in [-0.1, -0.05) is 30.7 Å². The summed E-state index contributed by atoms with van der Waals surface area (Å²) < 4.78 is 5.30. The maximum atomic E-state index is 6.01. The number of halogens is 1. The first-order valence-corrected chi connectivity index (χ1v) is 7.06. The van der Waals surface area contributed by atoms with Gasteiger partial charge in [-0.2, -0.15) is 0 Å². The van der Waals surface area contributed by atoms with Crippen LogP contribution in [0.2, 0.25) is 5.15 Å². The summed E-state index contributed by atoms with van der Waals surface area (Å²) in [5, 5.41) is 3.65. The molecule has 0 unspecified atom stereocenters. The van der Waals surface area contributed by atoms with Gasteiger partial charge in [-0.25, -0.2) is 9.97 Å². The Kier molecular flexibility index (Phi) is 5.32. The second kappa shape index (κ2) is 7.22. The monoisotopic (exact) mass is 291 g/mol. The summed E-state index contributed by atoms with van der Waals surface area (Å²) in [6, 6.07) is 9.91. The Hall–Kier alpha value is -1.65. The lowest BCUT2D eigenvalue weighted by Gasteiger charge is -2.09. The molecule has 0 saturated heterocycles. The number of hydrogen-bond acceptors (Lipinski definition) is 4. The van der Waals surface area contributed by atoms with Crippen molar-refractivity contribution in [2.75, 3.05) is 11.9 Å². The lowest BCUT2D eigenvalue weighted by molar-refractivity contribution is 0.128. The molecule has 1 aromatic heterocycles. The van der Waals surface area contributed by atoms with Crippen LogP contribution in [0, 0.1) is 0 Å². The standard InChI is InChI=1S/C15H18ClN3O/c1-3-11-6-5-7-12(8-11)17-14-9-13(16)18-15(19-14)10-20-4-2/h5-9H,3-4,10H2,1-2H3,(H,17,18,19). The minimum atomic E-state index is 0.362. The molecule has 0 radical (unpaired) electrons. The van der Waals surface area contributed by atoms with Gasteiger partial charge in [0.25, 0.3) is 0 Å². The van der Waals surface area contributed by atoms with Crippen LogP contribution in [0.3, 0.4) is 0 Å².